The Morgan fingerprint density at radius 1 is 1.18 bits per heavy atom. The van der Waals surface area contributed by atoms with Gasteiger partial charge in [-0.15, -0.1) is 21.5 Å². The van der Waals surface area contributed by atoms with E-state index in [1.807, 2.05) is 6.07 Å². The van der Waals surface area contributed by atoms with Crippen LogP contribution in [0, 0.1) is 0 Å². The molecule has 0 aliphatic carbocycles. The Labute approximate surface area is 236 Å². The molecule has 5 rings (SSSR count). The van der Waals surface area contributed by atoms with E-state index in [0.29, 0.717) is 39.9 Å². The van der Waals surface area contributed by atoms with Crippen molar-refractivity contribution in [2.24, 2.45) is 0 Å². The third kappa shape index (κ3) is 5.37. The van der Waals surface area contributed by atoms with Crippen LogP contribution in [0.3, 0.4) is 0 Å². The van der Waals surface area contributed by atoms with Crippen LogP contribution in [0.1, 0.15) is 57.3 Å². The lowest BCUT2D eigenvalue weighted by molar-refractivity contribution is -0.146. The molecule has 2 aromatic carbocycles. The Balaban J connectivity index is 1.68. The maximum absolute atomic E-state index is 14.2. The van der Waals surface area contributed by atoms with Crippen LogP contribution in [0.2, 0.25) is 5.02 Å². The number of methoxy groups -OCH3 is 2. The molecule has 2 unspecified atom stereocenters. The summed E-state index contributed by atoms with van der Waals surface area (Å²) < 4.78 is 54.9. The van der Waals surface area contributed by atoms with Gasteiger partial charge in [-0.2, -0.15) is 13.2 Å². The van der Waals surface area contributed by atoms with Gasteiger partial charge in [0.2, 0.25) is 5.82 Å². The van der Waals surface area contributed by atoms with Crippen LogP contribution in [0.15, 0.2) is 42.6 Å². The predicted molar refractivity (Wildman–Crippen MR) is 142 cm³/mol. The van der Waals surface area contributed by atoms with Crippen LogP contribution >= 0.6 is 22.9 Å². The maximum atomic E-state index is 14.2. The number of carboxylic acid groups (broad SMARTS) is 1. The van der Waals surface area contributed by atoms with Crippen molar-refractivity contribution in [1.82, 2.24) is 19.7 Å². The van der Waals surface area contributed by atoms with E-state index in [0.717, 1.165) is 15.0 Å². The van der Waals surface area contributed by atoms with Gasteiger partial charge >= 0.3 is 12.1 Å². The number of alkyl halides is 3. The maximum Gasteiger partial charge on any atom is 0.452 e. The second-order valence-electron chi connectivity index (χ2n) is 9.30. The van der Waals surface area contributed by atoms with E-state index >= 15 is 0 Å². The van der Waals surface area contributed by atoms with E-state index in [4.69, 9.17) is 26.2 Å². The zero-order chi connectivity index (χ0) is 28.6. The summed E-state index contributed by atoms with van der Waals surface area (Å²) in [5, 5.41) is 17.7. The van der Waals surface area contributed by atoms with Crippen molar-refractivity contribution in [3.63, 3.8) is 0 Å². The normalized spacial score (nSPS) is 16.6. The molecule has 8 nitrogen and oxygen atoms in total. The molecule has 2 aromatic heterocycles. The van der Waals surface area contributed by atoms with Gasteiger partial charge in [0.1, 0.15) is 5.82 Å². The summed E-state index contributed by atoms with van der Waals surface area (Å²) in [6.07, 6.45) is -2.25. The van der Waals surface area contributed by atoms with Crippen LogP contribution < -0.4 is 9.47 Å². The lowest BCUT2D eigenvalue weighted by Crippen LogP contribution is -2.16. The molecule has 0 radical (unpaired) electrons. The number of benzene rings is 2. The van der Waals surface area contributed by atoms with Crippen LogP contribution in [0.25, 0.3) is 5.69 Å². The SMILES string of the molecule is COc1cccc(C2CC(Cc3ncc(CCC(=O)O)s3)c3nnc(C(F)(F)F)n3-c3ccc(Cl)cc32)c1OC. The molecule has 1 N–H and O–H groups in total. The minimum Gasteiger partial charge on any atom is -0.493 e. The average molecular weight is 593 g/mol. The number of aryl methyl sites for hydroxylation is 1. The summed E-state index contributed by atoms with van der Waals surface area (Å²) in [6, 6.07) is 10.2. The molecular formula is C27H24ClF3N4O4S. The summed E-state index contributed by atoms with van der Waals surface area (Å²) in [7, 11) is 3.03. The summed E-state index contributed by atoms with van der Waals surface area (Å²) in [6.45, 7) is 0. The van der Waals surface area contributed by atoms with Crippen LogP contribution in [-0.2, 0) is 23.8 Å². The molecule has 1 aliphatic heterocycles. The van der Waals surface area contributed by atoms with Crippen molar-refractivity contribution in [1.29, 1.82) is 0 Å². The number of hydrogen-bond donors (Lipinski definition) is 1. The molecular weight excluding hydrogens is 569 g/mol. The molecule has 0 saturated carbocycles. The second-order valence-corrected chi connectivity index (χ2v) is 10.9. The number of fused-ring (bicyclic) bond motifs is 3. The second kappa shape index (κ2) is 11.1. The fourth-order valence-corrected chi connectivity index (χ4v) is 6.34. The number of para-hydroxylation sites is 1. The molecule has 0 bridgehead atoms. The molecule has 40 heavy (non-hydrogen) atoms. The highest BCUT2D eigenvalue weighted by atomic mass is 35.5. The molecule has 4 aromatic rings. The smallest absolute Gasteiger partial charge is 0.452 e. The molecule has 0 fully saturated rings. The van der Waals surface area contributed by atoms with E-state index in [1.54, 1.807) is 36.5 Å². The van der Waals surface area contributed by atoms with Crippen molar-refractivity contribution >= 4 is 28.9 Å². The third-order valence-corrected chi connectivity index (χ3v) is 8.16. The molecule has 13 heteroatoms. The Morgan fingerprint density at radius 2 is 1.98 bits per heavy atom. The standard InChI is InChI=1S/C27H24ClF3N4O4S/c1-38-21-5-3-4-17(24(21)39-2)18-10-14(11-22-32-13-16(40-22)7-9-23(36)37)25-33-34-26(27(29,30)31)35(25)20-8-6-15(28)12-19(18)20/h3-6,8,12-14,18H,7,9-11H2,1-2H3,(H,36,37). The van der Waals surface area contributed by atoms with Gasteiger partial charge in [0, 0.05) is 39.9 Å². The highest BCUT2D eigenvalue weighted by Gasteiger charge is 2.43. The average Bonchev–Trinajstić information content (AvgIpc) is 3.54. The molecule has 3 heterocycles. The van der Waals surface area contributed by atoms with Gasteiger partial charge in [-0.25, -0.2) is 4.98 Å². The first-order valence-corrected chi connectivity index (χ1v) is 13.5. The van der Waals surface area contributed by atoms with Gasteiger partial charge in [-0.05, 0) is 42.7 Å². The molecule has 0 spiro atoms. The largest absolute Gasteiger partial charge is 0.493 e. The van der Waals surface area contributed by atoms with E-state index in [2.05, 4.69) is 15.2 Å². The highest BCUT2D eigenvalue weighted by molar-refractivity contribution is 7.11. The number of halogens is 4. The monoisotopic (exact) mass is 592 g/mol. The summed E-state index contributed by atoms with van der Waals surface area (Å²) in [5.74, 6) is -1.91. The number of hydrogen-bond acceptors (Lipinski definition) is 7. The summed E-state index contributed by atoms with van der Waals surface area (Å²) in [4.78, 5) is 16.2. The van der Waals surface area contributed by atoms with E-state index < -0.39 is 29.8 Å². The van der Waals surface area contributed by atoms with Crippen LogP contribution in [-0.4, -0.2) is 45.0 Å². The highest BCUT2D eigenvalue weighted by Crippen LogP contribution is 2.49. The Kier molecular flexibility index (Phi) is 7.74. The Morgan fingerprint density at radius 3 is 2.67 bits per heavy atom. The van der Waals surface area contributed by atoms with Crippen molar-refractivity contribution in [2.45, 2.75) is 43.7 Å². The minimum absolute atomic E-state index is 0.0396. The lowest BCUT2D eigenvalue weighted by Gasteiger charge is -2.24. The number of rotatable bonds is 8. The van der Waals surface area contributed by atoms with Gasteiger partial charge in [0.25, 0.3) is 0 Å². The molecule has 1 aliphatic rings. The van der Waals surface area contributed by atoms with E-state index in [-0.39, 0.29) is 24.4 Å². The number of aliphatic carboxylic acids is 1. The van der Waals surface area contributed by atoms with Gasteiger partial charge < -0.3 is 14.6 Å². The number of ether oxygens (including phenoxy) is 2. The van der Waals surface area contributed by atoms with Crippen molar-refractivity contribution in [3.05, 3.63) is 80.3 Å². The van der Waals surface area contributed by atoms with Crippen molar-refractivity contribution < 1.29 is 32.5 Å². The van der Waals surface area contributed by atoms with E-state index in [9.17, 15) is 18.0 Å². The van der Waals surface area contributed by atoms with E-state index in [1.165, 1.54) is 25.6 Å². The van der Waals surface area contributed by atoms with Crippen LogP contribution in [0.5, 0.6) is 11.5 Å². The number of nitrogens with zero attached hydrogens (tertiary/aromatic N) is 4. The lowest BCUT2D eigenvalue weighted by atomic mass is 9.82. The number of thiazole rings is 1. The first-order valence-electron chi connectivity index (χ1n) is 12.3. The first kappa shape index (κ1) is 27.9. The first-order chi connectivity index (χ1) is 19.1. The fraction of sp³-hybridized carbons (Fsp3) is 0.333. The summed E-state index contributed by atoms with van der Waals surface area (Å²) in [5.41, 5.74) is 1.56. The third-order valence-electron chi connectivity index (χ3n) is 6.85. The van der Waals surface area contributed by atoms with Crippen molar-refractivity contribution in [3.8, 4) is 17.2 Å². The van der Waals surface area contributed by atoms with Gasteiger partial charge in [-0.3, -0.25) is 9.36 Å². The van der Waals surface area contributed by atoms with Gasteiger partial charge in [0.15, 0.2) is 11.5 Å². The fourth-order valence-electron chi connectivity index (χ4n) is 5.16. The number of aromatic nitrogens is 4. The zero-order valence-electron chi connectivity index (χ0n) is 21.4. The number of carboxylic acids is 1. The Bertz CT molecular complexity index is 1560. The van der Waals surface area contributed by atoms with Gasteiger partial charge in [0.05, 0.1) is 31.3 Å². The quantitative estimate of drug-likeness (QED) is 0.257. The molecule has 0 amide bonds. The predicted octanol–water partition coefficient (Wildman–Crippen LogP) is 6.29. The molecule has 2 atom stereocenters. The van der Waals surface area contributed by atoms with Gasteiger partial charge in [-0.1, -0.05) is 23.7 Å². The van der Waals surface area contributed by atoms with Crippen molar-refractivity contribution in [2.75, 3.05) is 14.2 Å². The Hall–Kier alpha value is -3.64. The zero-order valence-corrected chi connectivity index (χ0v) is 23.0. The summed E-state index contributed by atoms with van der Waals surface area (Å²) >= 11 is 7.74. The molecule has 210 valence electrons. The van der Waals surface area contributed by atoms with Crippen LogP contribution in [0.4, 0.5) is 13.2 Å². The number of carbonyl (C=O) groups is 1. The molecule has 0 saturated heterocycles. The minimum atomic E-state index is -4.76. The topological polar surface area (TPSA) is 99.4 Å².